The minimum absolute atomic E-state index is 1.35. The van der Waals surface area contributed by atoms with E-state index in [1.807, 2.05) is 109 Å². The molecule has 0 aliphatic rings. The Labute approximate surface area is 274 Å². The van der Waals surface area contributed by atoms with Crippen molar-refractivity contribution in [2.24, 2.45) is 0 Å². The fourth-order valence-electron chi connectivity index (χ4n) is 3.80. The van der Waals surface area contributed by atoms with Crippen LogP contribution in [0.25, 0.3) is 0 Å². The van der Waals surface area contributed by atoms with Crippen molar-refractivity contribution < 1.29 is 42.8 Å². The molecule has 0 fully saturated rings. The van der Waals surface area contributed by atoms with Gasteiger partial charge in [0.2, 0.25) is 0 Å². The first-order chi connectivity index (χ1) is 21.2. The average molecular weight is 669 g/mol. The smallest absolute Gasteiger partial charge is 0.368 e. The zero-order valence-corrected chi connectivity index (χ0v) is 29.9. The molecule has 0 aromatic heterocycles. The first-order valence-electron chi connectivity index (χ1n) is 15.9. The molecule has 0 aliphatic carbocycles. The molecule has 0 unspecified atom stereocenters. The third kappa shape index (κ3) is 51.6. The van der Waals surface area contributed by atoms with Gasteiger partial charge in [-0.05, 0) is 25.7 Å². The largest absolute Gasteiger partial charge is 0.668 e. The lowest BCUT2D eigenvalue weighted by Crippen LogP contribution is -2.50. The molecule has 9 nitrogen and oxygen atoms in total. The fraction of sp³-hybridized carbons (Fsp3) is 0.471. The number of unbranched alkanes of at least 4 members (excludes halogenated alkanes) is 4. The highest BCUT2D eigenvalue weighted by Gasteiger charge is 2.25. The Morgan fingerprint density at radius 1 is 0.311 bits per heavy atom. The molecule has 3 aromatic carbocycles. The van der Waals surface area contributed by atoms with Gasteiger partial charge in [-0.1, -0.05) is 163 Å². The monoisotopic (exact) mass is 668 g/mol. The number of benzene rings is 3. The van der Waals surface area contributed by atoms with Crippen LogP contribution in [0.3, 0.4) is 0 Å². The number of rotatable bonds is 12. The molecule has 0 saturated heterocycles. The first-order valence-corrected chi connectivity index (χ1v) is 19.5. The Hall–Kier alpha value is -2.27. The molecule has 0 heterocycles. The number of hydrogen-bond donors (Lipinski definition) is 8. The second kappa shape index (κ2) is 33.1. The Bertz CT molecular complexity index is 700. The summed E-state index contributed by atoms with van der Waals surface area (Å²) in [6, 6.07) is 36.0. The highest BCUT2D eigenvalue weighted by atomic mass is 28.4. The Morgan fingerprint density at radius 3 is 0.511 bits per heavy atom. The van der Waals surface area contributed by atoms with Gasteiger partial charge in [-0.15, -0.1) is 0 Å². The van der Waals surface area contributed by atoms with E-state index < -0.39 is 18.1 Å². The zero-order valence-electron chi connectivity index (χ0n) is 27.9. The molecule has 0 saturated carbocycles. The topological polar surface area (TPSA) is 162 Å². The van der Waals surface area contributed by atoms with Crippen molar-refractivity contribution in [3.8, 4) is 0 Å². The van der Waals surface area contributed by atoms with Crippen LogP contribution in [0.15, 0.2) is 109 Å². The van der Waals surface area contributed by atoms with Crippen molar-refractivity contribution in [3.05, 3.63) is 109 Å². The zero-order chi connectivity index (χ0) is 34.7. The highest BCUT2D eigenvalue weighted by Crippen LogP contribution is 2.16. The predicted octanol–water partition coefficient (Wildman–Crippen LogP) is 4.85. The summed E-state index contributed by atoms with van der Waals surface area (Å²) >= 11 is 0. The lowest BCUT2D eigenvalue weighted by molar-refractivity contribution is -0.929. The van der Waals surface area contributed by atoms with Crippen molar-refractivity contribution in [2.45, 2.75) is 79.1 Å². The quantitative estimate of drug-likeness (QED) is 0.100. The van der Waals surface area contributed by atoms with E-state index in [-0.39, 0.29) is 0 Å². The standard InChI is InChI=1S/C16H36N.3C6H6.2H4O4Si/c1-5-9-13-17(14-10-6-2,15-11-7-3)16-12-8-4;3*1-2-4-6-5-3-1;2*1-5(2,3)4/h5-16H2,1-4H3;3*1-6H;2*1-4H/q+1;;;;;. The summed E-state index contributed by atoms with van der Waals surface area (Å²) in [5, 5.41) is 0. The van der Waals surface area contributed by atoms with Crippen molar-refractivity contribution in [1.29, 1.82) is 0 Å². The molecular weight excluding hydrogens is 607 g/mol. The van der Waals surface area contributed by atoms with Gasteiger partial charge in [-0.2, -0.15) is 0 Å². The van der Waals surface area contributed by atoms with Crippen molar-refractivity contribution in [1.82, 2.24) is 0 Å². The van der Waals surface area contributed by atoms with E-state index >= 15 is 0 Å². The molecule has 0 spiro atoms. The molecule has 45 heavy (non-hydrogen) atoms. The molecule has 0 aliphatic heterocycles. The van der Waals surface area contributed by atoms with Crippen LogP contribution in [0.1, 0.15) is 79.1 Å². The molecule has 8 N–H and O–H groups in total. The maximum atomic E-state index is 7.33. The molecule has 0 amide bonds. The summed E-state index contributed by atoms with van der Waals surface area (Å²) in [5.74, 6) is 0. The van der Waals surface area contributed by atoms with Gasteiger partial charge in [0.25, 0.3) is 0 Å². The van der Waals surface area contributed by atoms with E-state index in [1.54, 1.807) is 0 Å². The normalized spacial score (nSPS) is 10.4. The SMILES string of the molecule is CCCC[N+](CCCC)(CCCC)CCCC.O[Si](O)(O)O.O[Si](O)(O)O.c1ccccc1.c1ccccc1.c1ccccc1. The third-order valence-electron chi connectivity index (χ3n) is 5.94. The second-order valence-corrected chi connectivity index (χ2v) is 12.7. The third-order valence-corrected chi connectivity index (χ3v) is 5.94. The van der Waals surface area contributed by atoms with Crippen LogP contribution in [0.2, 0.25) is 0 Å². The van der Waals surface area contributed by atoms with E-state index in [0.29, 0.717) is 0 Å². The van der Waals surface area contributed by atoms with Crippen LogP contribution in [-0.4, -0.2) is 87.1 Å². The Balaban J connectivity index is -0.000000518. The molecule has 3 rings (SSSR count). The summed E-state index contributed by atoms with van der Waals surface area (Å²) in [6.45, 7) is 15.0. The average Bonchev–Trinajstić information content (AvgIpc) is 3.02. The molecule has 3 aromatic rings. The number of hydrogen-bond acceptors (Lipinski definition) is 8. The van der Waals surface area contributed by atoms with Gasteiger partial charge < -0.3 is 42.8 Å². The number of nitrogens with zero attached hydrogens (tertiary/aromatic N) is 1. The molecule has 11 heteroatoms. The van der Waals surface area contributed by atoms with E-state index in [9.17, 15) is 0 Å². The van der Waals surface area contributed by atoms with Gasteiger partial charge in [0.05, 0.1) is 26.2 Å². The van der Waals surface area contributed by atoms with Crippen LogP contribution in [0.4, 0.5) is 0 Å². The van der Waals surface area contributed by atoms with E-state index in [4.69, 9.17) is 38.4 Å². The van der Waals surface area contributed by atoms with Gasteiger partial charge >= 0.3 is 18.1 Å². The van der Waals surface area contributed by atoms with Gasteiger partial charge in [0.1, 0.15) is 0 Å². The summed E-state index contributed by atoms with van der Waals surface area (Å²) in [7, 11) is -9.22. The van der Waals surface area contributed by atoms with Crippen LogP contribution < -0.4 is 0 Å². The summed E-state index contributed by atoms with van der Waals surface area (Å²) in [5.41, 5.74) is 0. The maximum absolute atomic E-state index is 7.33. The summed E-state index contributed by atoms with van der Waals surface area (Å²) in [6.07, 6.45) is 11.1. The van der Waals surface area contributed by atoms with E-state index in [2.05, 4.69) is 27.7 Å². The first kappa shape index (κ1) is 47.1. The van der Waals surface area contributed by atoms with Crippen LogP contribution >= 0.6 is 0 Å². The van der Waals surface area contributed by atoms with Crippen LogP contribution in [0, 0.1) is 0 Å². The van der Waals surface area contributed by atoms with Crippen molar-refractivity contribution in [3.63, 3.8) is 0 Å². The van der Waals surface area contributed by atoms with Crippen LogP contribution in [0.5, 0.6) is 0 Å². The van der Waals surface area contributed by atoms with Crippen LogP contribution in [-0.2, 0) is 0 Å². The molecule has 0 bridgehead atoms. The predicted molar refractivity (Wildman–Crippen MR) is 188 cm³/mol. The van der Waals surface area contributed by atoms with Crippen molar-refractivity contribution >= 4 is 18.1 Å². The highest BCUT2D eigenvalue weighted by molar-refractivity contribution is 6.47. The van der Waals surface area contributed by atoms with Gasteiger partial charge in [0, 0.05) is 0 Å². The fourth-order valence-corrected chi connectivity index (χ4v) is 3.80. The lowest BCUT2D eigenvalue weighted by Gasteiger charge is -2.39. The minimum atomic E-state index is -4.61. The Kier molecular flexibility index (Phi) is 34.7. The molecule has 0 atom stereocenters. The summed E-state index contributed by atoms with van der Waals surface area (Å²) in [4.78, 5) is 58.6. The van der Waals surface area contributed by atoms with E-state index in [0.717, 1.165) is 0 Å². The Morgan fingerprint density at radius 2 is 0.422 bits per heavy atom. The molecule has 258 valence electrons. The maximum Gasteiger partial charge on any atom is 0.668 e. The van der Waals surface area contributed by atoms with Gasteiger partial charge in [0.15, 0.2) is 0 Å². The molecular formula is C34H62NO8Si2+. The van der Waals surface area contributed by atoms with Crippen molar-refractivity contribution in [2.75, 3.05) is 26.2 Å². The number of quaternary nitrogens is 1. The molecule has 0 radical (unpaired) electrons. The van der Waals surface area contributed by atoms with E-state index in [1.165, 1.54) is 82.0 Å². The summed E-state index contributed by atoms with van der Waals surface area (Å²) < 4.78 is 1.42. The van der Waals surface area contributed by atoms with Gasteiger partial charge in [-0.3, -0.25) is 0 Å². The second-order valence-electron chi connectivity index (χ2n) is 10.3. The van der Waals surface area contributed by atoms with Gasteiger partial charge in [-0.25, -0.2) is 0 Å². The lowest BCUT2D eigenvalue weighted by atomic mass is 10.1. The minimum Gasteiger partial charge on any atom is -0.368 e.